The molecule has 4 nitrogen and oxygen atoms in total. The molecule has 6 heteroatoms. The topological polar surface area (TPSA) is 35.6 Å². The summed E-state index contributed by atoms with van der Waals surface area (Å²) in [5, 5.41) is 4.49. The van der Waals surface area contributed by atoms with Crippen molar-refractivity contribution in [2.45, 2.75) is 33.2 Å². The lowest BCUT2D eigenvalue weighted by molar-refractivity contribution is 0.617. The molecular weight excluding hydrogens is 291 g/mol. The van der Waals surface area contributed by atoms with Crippen LogP contribution in [0.2, 0.25) is 0 Å². The predicted octanol–water partition coefficient (Wildman–Crippen LogP) is 3.74. The number of halogens is 2. The Bertz CT molecular complexity index is 819. The van der Waals surface area contributed by atoms with E-state index in [1.54, 1.807) is 19.1 Å². The van der Waals surface area contributed by atoms with Crippen LogP contribution in [0.3, 0.4) is 0 Å². The second-order valence-corrected chi connectivity index (χ2v) is 5.27. The zero-order valence-electron chi connectivity index (χ0n) is 12.2. The molecule has 2 aromatic heterocycles. The third-order valence-corrected chi connectivity index (χ3v) is 3.84. The van der Waals surface area contributed by atoms with Crippen LogP contribution in [-0.2, 0) is 12.4 Å². The highest BCUT2D eigenvalue weighted by Crippen LogP contribution is 2.26. The number of hydrogen-bond acceptors (Lipinski definition) is 2. The number of rotatable bonds is 3. The first-order chi connectivity index (χ1) is 10.1. The van der Waals surface area contributed by atoms with Gasteiger partial charge in [0.15, 0.2) is 5.65 Å². The minimum absolute atomic E-state index is 0.220. The minimum atomic E-state index is -0.220. The summed E-state index contributed by atoms with van der Waals surface area (Å²) in [5.41, 5.74) is 4.05. The first-order valence-electron chi connectivity index (χ1n) is 6.84. The number of hydrogen-bond donors (Lipinski definition) is 0. The summed E-state index contributed by atoms with van der Waals surface area (Å²) in [6.45, 7) is 6.44. The molecular formula is C15H16ClFN4. The van der Waals surface area contributed by atoms with Gasteiger partial charge in [-0.1, -0.05) is 0 Å². The lowest BCUT2D eigenvalue weighted by Crippen LogP contribution is -2.06. The molecule has 0 radical (unpaired) electrons. The minimum Gasteiger partial charge on any atom is -0.280 e. The van der Waals surface area contributed by atoms with E-state index < -0.39 is 0 Å². The van der Waals surface area contributed by atoms with Gasteiger partial charge in [-0.15, -0.1) is 11.6 Å². The third-order valence-electron chi connectivity index (χ3n) is 3.60. The molecule has 0 saturated heterocycles. The normalized spacial score (nSPS) is 11.5. The van der Waals surface area contributed by atoms with Crippen molar-refractivity contribution in [2.24, 2.45) is 0 Å². The van der Waals surface area contributed by atoms with Gasteiger partial charge in [0.1, 0.15) is 17.2 Å². The van der Waals surface area contributed by atoms with Gasteiger partial charge in [-0.2, -0.15) is 5.10 Å². The predicted molar refractivity (Wildman–Crippen MR) is 81.5 cm³/mol. The third kappa shape index (κ3) is 2.12. The van der Waals surface area contributed by atoms with Crippen LogP contribution >= 0.6 is 11.6 Å². The smallest absolute Gasteiger partial charge is 0.163 e. The lowest BCUT2D eigenvalue weighted by Gasteiger charge is -2.10. The molecule has 0 amide bonds. The van der Waals surface area contributed by atoms with Gasteiger partial charge in [-0.3, -0.25) is 4.57 Å². The number of benzene rings is 1. The van der Waals surface area contributed by atoms with Crippen molar-refractivity contribution in [3.05, 3.63) is 41.1 Å². The van der Waals surface area contributed by atoms with Gasteiger partial charge >= 0.3 is 0 Å². The molecule has 0 aliphatic rings. The number of imidazole rings is 1. The quantitative estimate of drug-likeness (QED) is 0.691. The Morgan fingerprint density at radius 1 is 1.29 bits per heavy atom. The Morgan fingerprint density at radius 3 is 2.67 bits per heavy atom. The van der Waals surface area contributed by atoms with Crippen molar-refractivity contribution in [2.75, 3.05) is 0 Å². The van der Waals surface area contributed by atoms with Crippen LogP contribution in [0, 0.1) is 19.7 Å². The number of aryl methyl sites for hydroxylation is 3. The Kier molecular flexibility index (Phi) is 3.45. The van der Waals surface area contributed by atoms with Gasteiger partial charge in [-0.25, -0.2) is 14.1 Å². The summed E-state index contributed by atoms with van der Waals surface area (Å²) < 4.78 is 17.4. The fraction of sp³-hybridized carbons (Fsp3) is 0.333. The van der Waals surface area contributed by atoms with E-state index >= 15 is 0 Å². The van der Waals surface area contributed by atoms with E-state index in [4.69, 9.17) is 11.6 Å². The first kappa shape index (κ1) is 14.1. The molecule has 3 rings (SSSR count). The molecule has 1 aromatic carbocycles. The highest BCUT2D eigenvalue weighted by molar-refractivity contribution is 6.17. The fourth-order valence-electron chi connectivity index (χ4n) is 2.56. The molecule has 110 valence electrons. The molecule has 0 fully saturated rings. The van der Waals surface area contributed by atoms with Crippen LogP contribution in [0.25, 0.3) is 16.9 Å². The highest BCUT2D eigenvalue weighted by atomic mass is 35.5. The van der Waals surface area contributed by atoms with Crippen LogP contribution in [0.5, 0.6) is 0 Å². The molecule has 3 aromatic rings. The Labute approximate surface area is 127 Å². The van der Waals surface area contributed by atoms with E-state index in [2.05, 4.69) is 10.1 Å². The largest absolute Gasteiger partial charge is 0.280 e. The van der Waals surface area contributed by atoms with Crippen LogP contribution in [0.4, 0.5) is 4.39 Å². The maximum absolute atomic E-state index is 13.5. The molecule has 0 atom stereocenters. The maximum atomic E-state index is 13.5. The molecule has 0 N–H and O–H groups in total. The summed E-state index contributed by atoms with van der Waals surface area (Å²) in [4.78, 5) is 4.58. The number of aromatic nitrogens is 4. The van der Waals surface area contributed by atoms with Gasteiger partial charge < -0.3 is 0 Å². The standard InChI is InChI=1S/C15H16ClFN4/c1-4-20-15-14(10(3)19-20)18-13(8-16)21(15)11-5-6-12(17)9(2)7-11/h5-7H,4,8H2,1-3H3. The van der Waals surface area contributed by atoms with E-state index in [0.29, 0.717) is 5.56 Å². The lowest BCUT2D eigenvalue weighted by atomic mass is 10.2. The van der Waals surface area contributed by atoms with Gasteiger partial charge in [0.05, 0.1) is 11.6 Å². The van der Waals surface area contributed by atoms with Gasteiger partial charge in [0, 0.05) is 12.2 Å². The second-order valence-electron chi connectivity index (χ2n) is 5.00. The van der Waals surface area contributed by atoms with Crippen molar-refractivity contribution in [1.82, 2.24) is 19.3 Å². The molecule has 0 aliphatic heterocycles. The fourth-order valence-corrected chi connectivity index (χ4v) is 2.74. The van der Waals surface area contributed by atoms with Crippen molar-refractivity contribution < 1.29 is 4.39 Å². The van der Waals surface area contributed by atoms with Gasteiger partial charge in [0.2, 0.25) is 0 Å². The van der Waals surface area contributed by atoms with E-state index in [0.717, 1.165) is 34.9 Å². The monoisotopic (exact) mass is 306 g/mol. The average molecular weight is 307 g/mol. The van der Waals surface area contributed by atoms with E-state index in [1.807, 2.05) is 23.1 Å². The zero-order valence-corrected chi connectivity index (χ0v) is 12.9. The highest BCUT2D eigenvalue weighted by Gasteiger charge is 2.19. The van der Waals surface area contributed by atoms with Gasteiger partial charge in [-0.05, 0) is 44.5 Å². The second kappa shape index (κ2) is 5.15. The summed E-state index contributed by atoms with van der Waals surface area (Å²) in [6.07, 6.45) is 0. The Morgan fingerprint density at radius 2 is 2.05 bits per heavy atom. The Hall–Kier alpha value is -1.88. The van der Waals surface area contributed by atoms with Crippen molar-refractivity contribution in [3.8, 4) is 5.69 Å². The summed E-state index contributed by atoms with van der Waals surface area (Å²) >= 11 is 6.04. The van der Waals surface area contributed by atoms with Crippen LogP contribution < -0.4 is 0 Å². The van der Waals surface area contributed by atoms with E-state index in [9.17, 15) is 4.39 Å². The average Bonchev–Trinajstić information content (AvgIpc) is 2.99. The molecule has 0 aliphatic carbocycles. The molecule has 2 heterocycles. The molecule has 0 bridgehead atoms. The Balaban J connectivity index is 2.36. The van der Waals surface area contributed by atoms with E-state index in [1.165, 1.54) is 6.07 Å². The summed E-state index contributed by atoms with van der Waals surface area (Å²) in [5.74, 6) is 0.803. The van der Waals surface area contributed by atoms with Crippen molar-refractivity contribution in [1.29, 1.82) is 0 Å². The first-order valence-corrected chi connectivity index (χ1v) is 7.37. The van der Waals surface area contributed by atoms with Crippen LogP contribution in [0.15, 0.2) is 18.2 Å². The molecule has 21 heavy (non-hydrogen) atoms. The zero-order chi connectivity index (χ0) is 15.1. The number of alkyl halides is 1. The molecule has 0 unspecified atom stereocenters. The SMILES string of the molecule is CCn1nc(C)c2nc(CCl)n(-c3ccc(F)c(C)c3)c21. The summed E-state index contributed by atoms with van der Waals surface area (Å²) in [6, 6.07) is 5.00. The van der Waals surface area contributed by atoms with E-state index in [-0.39, 0.29) is 11.7 Å². The van der Waals surface area contributed by atoms with Crippen LogP contribution in [0.1, 0.15) is 24.0 Å². The summed E-state index contributed by atoms with van der Waals surface area (Å²) in [7, 11) is 0. The van der Waals surface area contributed by atoms with Crippen LogP contribution in [-0.4, -0.2) is 19.3 Å². The van der Waals surface area contributed by atoms with Crippen molar-refractivity contribution >= 4 is 22.8 Å². The van der Waals surface area contributed by atoms with Crippen molar-refractivity contribution in [3.63, 3.8) is 0 Å². The molecule has 0 saturated carbocycles. The maximum Gasteiger partial charge on any atom is 0.163 e. The number of fused-ring (bicyclic) bond motifs is 1. The molecule has 0 spiro atoms. The van der Waals surface area contributed by atoms with Gasteiger partial charge in [0.25, 0.3) is 0 Å². The number of nitrogens with zero attached hydrogens (tertiary/aromatic N) is 4.